The second-order valence-corrected chi connectivity index (χ2v) is 2.82. The summed E-state index contributed by atoms with van der Waals surface area (Å²) in [5, 5.41) is 6.94. The lowest BCUT2D eigenvalue weighted by Crippen LogP contribution is -2.11. The molecule has 0 N–H and O–H groups in total. The van der Waals surface area contributed by atoms with E-state index in [9.17, 15) is 13.6 Å². The number of ether oxygens (including phenoxy) is 1. The van der Waals surface area contributed by atoms with Gasteiger partial charge in [0.05, 0.1) is 12.3 Å². The number of carbonyl (C=O) groups excluding carboxylic acids is 1. The standard InChI is InChI=1S/C8H11F2N3O2/c1-3-15-8(14)7-5(2)13(12-11-7)4-6(9)10/h6H,3-4H2,1-2H3. The number of aromatic nitrogens is 3. The summed E-state index contributed by atoms with van der Waals surface area (Å²) < 4.78 is 29.8. The van der Waals surface area contributed by atoms with Gasteiger partial charge in [0.25, 0.3) is 6.43 Å². The van der Waals surface area contributed by atoms with E-state index in [0.29, 0.717) is 0 Å². The number of rotatable bonds is 4. The van der Waals surface area contributed by atoms with Gasteiger partial charge < -0.3 is 4.74 Å². The molecule has 0 saturated heterocycles. The summed E-state index contributed by atoms with van der Waals surface area (Å²) in [4.78, 5) is 11.2. The molecule has 0 spiro atoms. The molecule has 0 unspecified atom stereocenters. The zero-order chi connectivity index (χ0) is 11.4. The summed E-state index contributed by atoms with van der Waals surface area (Å²) in [6.07, 6.45) is -2.53. The molecule has 0 aliphatic carbocycles. The molecule has 84 valence electrons. The Balaban J connectivity index is 2.84. The van der Waals surface area contributed by atoms with Crippen LogP contribution in [0.25, 0.3) is 0 Å². The van der Waals surface area contributed by atoms with Crippen molar-refractivity contribution in [1.29, 1.82) is 0 Å². The van der Waals surface area contributed by atoms with Crippen molar-refractivity contribution in [1.82, 2.24) is 15.0 Å². The highest BCUT2D eigenvalue weighted by Crippen LogP contribution is 2.07. The van der Waals surface area contributed by atoms with Gasteiger partial charge in [-0.05, 0) is 13.8 Å². The summed E-state index contributed by atoms with van der Waals surface area (Å²) in [6, 6.07) is 0. The van der Waals surface area contributed by atoms with E-state index in [1.165, 1.54) is 6.92 Å². The number of halogens is 2. The van der Waals surface area contributed by atoms with Crippen molar-refractivity contribution >= 4 is 5.97 Å². The van der Waals surface area contributed by atoms with Crippen molar-refractivity contribution in [2.45, 2.75) is 26.8 Å². The molecule has 0 aliphatic heterocycles. The highest BCUT2D eigenvalue weighted by Gasteiger charge is 2.18. The van der Waals surface area contributed by atoms with Crippen molar-refractivity contribution in [3.63, 3.8) is 0 Å². The van der Waals surface area contributed by atoms with E-state index in [4.69, 9.17) is 0 Å². The van der Waals surface area contributed by atoms with E-state index in [-0.39, 0.29) is 18.0 Å². The van der Waals surface area contributed by atoms with Crippen molar-refractivity contribution in [3.05, 3.63) is 11.4 Å². The maximum Gasteiger partial charge on any atom is 0.360 e. The minimum atomic E-state index is -2.53. The van der Waals surface area contributed by atoms with Crippen LogP contribution in [0.2, 0.25) is 0 Å². The van der Waals surface area contributed by atoms with Crippen molar-refractivity contribution in [2.24, 2.45) is 0 Å². The quantitative estimate of drug-likeness (QED) is 0.709. The fourth-order valence-electron chi connectivity index (χ4n) is 1.05. The number of hydrogen-bond acceptors (Lipinski definition) is 4. The third-order valence-corrected chi connectivity index (χ3v) is 1.76. The molecule has 1 aromatic rings. The Morgan fingerprint density at radius 3 is 2.80 bits per heavy atom. The Morgan fingerprint density at radius 2 is 2.27 bits per heavy atom. The number of alkyl halides is 2. The SMILES string of the molecule is CCOC(=O)c1nnn(CC(F)F)c1C. The summed E-state index contributed by atoms with van der Waals surface area (Å²) in [7, 11) is 0. The average Bonchev–Trinajstić information content (AvgIpc) is 2.48. The Bertz CT molecular complexity index is 352. The Labute approximate surface area is 85.0 Å². The highest BCUT2D eigenvalue weighted by molar-refractivity contribution is 5.88. The third kappa shape index (κ3) is 2.71. The minimum Gasteiger partial charge on any atom is -0.461 e. The van der Waals surface area contributed by atoms with Crippen LogP contribution >= 0.6 is 0 Å². The van der Waals surface area contributed by atoms with Gasteiger partial charge in [0, 0.05) is 0 Å². The van der Waals surface area contributed by atoms with Crippen LogP contribution in [0, 0.1) is 6.92 Å². The van der Waals surface area contributed by atoms with Crippen LogP contribution in [0.3, 0.4) is 0 Å². The van der Waals surface area contributed by atoms with E-state index in [0.717, 1.165) is 4.68 Å². The molecular weight excluding hydrogens is 208 g/mol. The molecule has 0 aromatic carbocycles. The number of nitrogens with zero attached hydrogens (tertiary/aromatic N) is 3. The van der Waals surface area contributed by atoms with E-state index < -0.39 is 18.9 Å². The largest absolute Gasteiger partial charge is 0.461 e. The summed E-state index contributed by atoms with van der Waals surface area (Å²) in [5.74, 6) is -0.643. The van der Waals surface area contributed by atoms with Crippen molar-refractivity contribution in [3.8, 4) is 0 Å². The van der Waals surface area contributed by atoms with Crippen molar-refractivity contribution in [2.75, 3.05) is 6.61 Å². The monoisotopic (exact) mass is 219 g/mol. The van der Waals surface area contributed by atoms with E-state index in [1.807, 2.05) is 0 Å². The van der Waals surface area contributed by atoms with Gasteiger partial charge in [-0.25, -0.2) is 18.3 Å². The molecule has 15 heavy (non-hydrogen) atoms. The summed E-state index contributed by atoms with van der Waals surface area (Å²) in [5.41, 5.74) is 0.270. The van der Waals surface area contributed by atoms with Crippen LogP contribution in [0.5, 0.6) is 0 Å². The lowest BCUT2D eigenvalue weighted by molar-refractivity contribution is 0.0518. The molecule has 0 fully saturated rings. The second-order valence-electron chi connectivity index (χ2n) is 2.82. The first kappa shape index (κ1) is 11.5. The van der Waals surface area contributed by atoms with Crippen molar-refractivity contribution < 1.29 is 18.3 Å². The smallest absolute Gasteiger partial charge is 0.360 e. The molecule has 1 heterocycles. The molecule has 5 nitrogen and oxygen atoms in total. The van der Waals surface area contributed by atoms with Gasteiger partial charge >= 0.3 is 5.97 Å². The lowest BCUT2D eigenvalue weighted by Gasteiger charge is -2.02. The average molecular weight is 219 g/mol. The zero-order valence-electron chi connectivity index (χ0n) is 8.41. The van der Waals surface area contributed by atoms with E-state index in [2.05, 4.69) is 15.0 Å². The normalized spacial score (nSPS) is 10.7. The van der Waals surface area contributed by atoms with Gasteiger partial charge in [-0.3, -0.25) is 0 Å². The zero-order valence-corrected chi connectivity index (χ0v) is 8.41. The lowest BCUT2D eigenvalue weighted by atomic mass is 10.3. The van der Waals surface area contributed by atoms with Gasteiger partial charge in [-0.2, -0.15) is 0 Å². The first-order chi connectivity index (χ1) is 7.06. The van der Waals surface area contributed by atoms with Gasteiger partial charge in [0.15, 0.2) is 5.69 Å². The maximum atomic E-state index is 12.1. The van der Waals surface area contributed by atoms with Gasteiger partial charge in [-0.1, -0.05) is 5.21 Å². The molecule has 1 rings (SSSR count). The third-order valence-electron chi connectivity index (χ3n) is 1.76. The number of hydrogen-bond donors (Lipinski definition) is 0. The van der Waals surface area contributed by atoms with Crippen LogP contribution in [0.15, 0.2) is 0 Å². The van der Waals surface area contributed by atoms with E-state index >= 15 is 0 Å². The number of esters is 1. The first-order valence-electron chi connectivity index (χ1n) is 4.41. The summed E-state index contributed by atoms with van der Waals surface area (Å²) >= 11 is 0. The molecule has 7 heteroatoms. The maximum absolute atomic E-state index is 12.1. The van der Waals surface area contributed by atoms with Crippen LogP contribution < -0.4 is 0 Å². The predicted molar refractivity (Wildman–Crippen MR) is 46.7 cm³/mol. The first-order valence-corrected chi connectivity index (χ1v) is 4.41. The molecular formula is C8H11F2N3O2. The Morgan fingerprint density at radius 1 is 1.60 bits per heavy atom. The Hall–Kier alpha value is -1.53. The van der Waals surface area contributed by atoms with Gasteiger partial charge in [0.1, 0.15) is 6.54 Å². The molecule has 1 aromatic heterocycles. The second kappa shape index (κ2) is 4.81. The molecule has 0 radical (unpaired) electrons. The van der Waals surface area contributed by atoms with Gasteiger partial charge in [0.2, 0.25) is 0 Å². The topological polar surface area (TPSA) is 57.0 Å². The van der Waals surface area contributed by atoms with Crippen LogP contribution in [0.1, 0.15) is 23.1 Å². The van der Waals surface area contributed by atoms with E-state index in [1.54, 1.807) is 6.92 Å². The number of carbonyl (C=O) groups is 1. The molecule has 0 bridgehead atoms. The fourth-order valence-corrected chi connectivity index (χ4v) is 1.05. The van der Waals surface area contributed by atoms with Gasteiger partial charge in [-0.15, -0.1) is 5.10 Å². The fraction of sp³-hybridized carbons (Fsp3) is 0.625. The molecule has 0 saturated carbocycles. The van der Waals surface area contributed by atoms with Crippen LogP contribution in [-0.4, -0.2) is 34.0 Å². The van der Waals surface area contributed by atoms with Crippen LogP contribution in [0.4, 0.5) is 8.78 Å². The summed E-state index contributed by atoms with van der Waals surface area (Å²) in [6.45, 7) is 2.78. The molecule has 0 aliphatic rings. The van der Waals surface area contributed by atoms with Crippen LogP contribution in [-0.2, 0) is 11.3 Å². The Kier molecular flexibility index (Phi) is 3.70. The predicted octanol–water partition coefficient (Wildman–Crippen LogP) is 1.03. The minimum absolute atomic E-state index is 0.0162. The highest BCUT2D eigenvalue weighted by atomic mass is 19.3. The molecule has 0 amide bonds. The molecule has 0 atom stereocenters.